The normalized spacial score (nSPS) is 12.6. The standard InChI is InChI=1S/C11H11ClN2O2S/c1-7(10-13-2-3-17-10)5-14-6-8(12)4-9(14)11(15)16/h2-4,6-7H,5H2,1H3,(H,15,16). The van der Waals surface area contributed by atoms with Crippen LogP contribution in [0.2, 0.25) is 5.02 Å². The molecule has 2 aromatic rings. The van der Waals surface area contributed by atoms with Crippen LogP contribution in [-0.2, 0) is 6.54 Å². The highest BCUT2D eigenvalue weighted by Crippen LogP contribution is 2.22. The zero-order valence-corrected chi connectivity index (χ0v) is 10.7. The van der Waals surface area contributed by atoms with Crippen molar-refractivity contribution in [2.75, 3.05) is 0 Å². The summed E-state index contributed by atoms with van der Waals surface area (Å²) in [5, 5.41) is 12.4. The summed E-state index contributed by atoms with van der Waals surface area (Å²) >= 11 is 7.39. The number of aromatic carboxylic acids is 1. The minimum Gasteiger partial charge on any atom is -0.477 e. The minimum atomic E-state index is -0.969. The van der Waals surface area contributed by atoms with Crippen LogP contribution in [-0.4, -0.2) is 20.6 Å². The largest absolute Gasteiger partial charge is 0.477 e. The molecule has 0 bridgehead atoms. The summed E-state index contributed by atoms with van der Waals surface area (Å²) in [4.78, 5) is 15.2. The van der Waals surface area contributed by atoms with Crippen LogP contribution in [0.4, 0.5) is 0 Å². The Balaban J connectivity index is 2.21. The maximum Gasteiger partial charge on any atom is 0.352 e. The summed E-state index contributed by atoms with van der Waals surface area (Å²) in [5.74, 6) is -0.806. The maximum atomic E-state index is 11.0. The number of rotatable bonds is 4. The van der Waals surface area contributed by atoms with Gasteiger partial charge in [-0.05, 0) is 6.07 Å². The number of aromatic nitrogens is 2. The van der Waals surface area contributed by atoms with E-state index in [-0.39, 0.29) is 11.6 Å². The SMILES string of the molecule is CC(Cn1cc(Cl)cc1C(=O)O)c1nccs1. The quantitative estimate of drug-likeness (QED) is 0.929. The topological polar surface area (TPSA) is 55.1 Å². The number of nitrogens with zero attached hydrogens (tertiary/aromatic N) is 2. The van der Waals surface area contributed by atoms with Crippen LogP contribution in [0, 0.1) is 0 Å². The van der Waals surface area contributed by atoms with Crippen LogP contribution in [0.5, 0.6) is 0 Å². The van der Waals surface area contributed by atoms with Gasteiger partial charge in [0.15, 0.2) is 0 Å². The monoisotopic (exact) mass is 270 g/mol. The summed E-state index contributed by atoms with van der Waals surface area (Å²) in [5.41, 5.74) is 0.207. The van der Waals surface area contributed by atoms with Gasteiger partial charge in [-0.3, -0.25) is 0 Å². The van der Waals surface area contributed by atoms with Gasteiger partial charge in [0.05, 0.1) is 10.0 Å². The number of carbonyl (C=O) groups is 1. The van der Waals surface area contributed by atoms with Gasteiger partial charge in [-0.1, -0.05) is 18.5 Å². The Hall–Kier alpha value is -1.33. The summed E-state index contributed by atoms with van der Waals surface area (Å²) in [6.07, 6.45) is 3.38. The molecule has 1 unspecified atom stereocenters. The van der Waals surface area contributed by atoms with Crippen molar-refractivity contribution in [3.63, 3.8) is 0 Å². The second-order valence-electron chi connectivity index (χ2n) is 3.77. The molecule has 0 aromatic carbocycles. The maximum absolute atomic E-state index is 11.0. The Morgan fingerprint density at radius 2 is 2.47 bits per heavy atom. The number of carboxylic acid groups (broad SMARTS) is 1. The molecule has 90 valence electrons. The first-order valence-corrected chi connectivity index (χ1v) is 6.32. The molecule has 0 saturated heterocycles. The third kappa shape index (κ3) is 2.68. The number of thiazole rings is 1. The van der Waals surface area contributed by atoms with Gasteiger partial charge in [0.25, 0.3) is 0 Å². The van der Waals surface area contributed by atoms with Gasteiger partial charge in [-0.25, -0.2) is 9.78 Å². The first-order chi connectivity index (χ1) is 8.08. The van der Waals surface area contributed by atoms with E-state index in [1.807, 2.05) is 12.3 Å². The molecule has 0 aliphatic carbocycles. The lowest BCUT2D eigenvalue weighted by Crippen LogP contribution is -2.11. The smallest absolute Gasteiger partial charge is 0.352 e. The van der Waals surface area contributed by atoms with E-state index in [0.29, 0.717) is 11.6 Å². The summed E-state index contributed by atoms with van der Waals surface area (Å²) in [7, 11) is 0. The van der Waals surface area contributed by atoms with E-state index >= 15 is 0 Å². The van der Waals surface area contributed by atoms with Crippen LogP contribution in [0.1, 0.15) is 28.3 Å². The van der Waals surface area contributed by atoms with Gasteiger partial charge in [0, 0.05) is 30.2 Å². The molecule has 0 aliphatic heterocycles. The van der Waals surface area contributed by atoms with Crippen molar-refractivity contribution in [3.8, 4) is 0 Å². The molecule has 0 spiro atoms. The second kappa shape index (κ2) is 4.89. The highest BCUT2D eigenvalue weighted by Gasteiger charge is 2.15. The predicted molar refractivity (Wildman–Crippen MR) is 66.9 cm³/mol. The third-order valence-electron chi connectivity index (χ3n) is 2.43. The van der Waals surface area contributed by atoms with Gasteiger partial charge in [-0.15, -0.1) is 11.3 Å². The lowest BCUT2D eigenvalue weighted by molar-refractivity contribution is 0.0684. The van der Waals surface area contributed by atoms with Gasteiger partial charge < -0.3 is 9.67 Å². The molecule has 6 heteroatoms. The fourth-order valence-corrected chi connectivity index (χ4v) is 2.57. The van der Waals surface area contributed by atoms with E-state index in [4.69, 9.17) is 16.7 Å². The Bertz CT molecular complexity index is 522. The average molecular weight is 271 g/mol. The highest BCUT2D eigenvalue weighted by molar-refractivity contribution is 7.09. The van der Waals surface area contributed by atoms with Gasteiger partial charge in [0.1, 0.15) is 5.69 Å². The molecule has 0 saturated carbocycles. The Morgan fingerprint density at radius 1 is 1.71 bits per heavy atom. The molecule has 4 nitrogen and oxygen atoms in total. The Kier molecular flexibility index (Phi) is 3.49. The van der Waals surface area contributed by atoms with Crippen molar-refractivity contribution in [2.24, 2.45) is 0 Å². The van der Waals surface area contributed by atoms with E-state index < -0.39 is 5.97 Å². The number of hydrogen-bond acceptors (Lipinski definition) is 3. The fraction of sp³-hybridized carbons (Fsp3) is 0.273. The van der Waals surface area contributed by atoms with E-state index in [9.17, 15) is 4.79 Å². The fourth-order valence-electron chi connectivity index (χ4n) is 1.66. The first kappa shape index (κ1) is 12.1. The van der Waals surface area contributed by atoms with Gasteiger partial charge in [-0.2, -0.15) is 0 Å². The van der Waals surface area contributed by atoms with Gasteiger partial charge >= 0.3 is 5.97 Å². The molecule has 2 rings (SSSR count). The molecule has 17 heavy (non-hydrogen) atoms. The van der Waals surface area contributed by atoms with Crippen molar-refractivity contribution in [3.05, 3.63) is 39.6 Å². The molecule has 2 aromatic heterocycles. The van der Waals surface area contributed by atoms with Crippen molar-refractivity contribution in [1.29, 1.82) is 0 Å². The highest BCUT2D eigenvalue weighted by atomic mass is 35.5. The van der Waals surface area contributed by atoms with E-state index in [1.54, 1.807) is 28.3 Å². The van der Waals surface area contributed by atoms with Crippen LogP contribution >= 0.6 is 22.9 Å². The zero-order valence-electron chi connectivity index (χ0n) is 9.13. The third-order valence-corrected chi connectivity index (χ3v) is 3.64. The average Bonchev–Trinajstić information content (AvgIpc) is 2.86. The van der Waals surface area contributed by atoms with Crippen molar-refractivity contribution in [1.82, 2.24) is 9.55 Å². The molecule has 0 aliphatic rings. The first-order valence-electron chi connectivity index (χ1n) is 5.06. The van der Waals surface area contributed by atoms with Crippen LogP contribution < -0.4 is 0 Å². The van der Waals surface area contributed by atoms with Crippen LogP contribution in [0.25, 0.3) is 0 Å². The van der Waals surface area contributed by atoms with E-state index in [2.05, 4.69) is 4.98 Å². The molecular formula is C11H11ClN2O2S. The summed E-state index contributed by atoms with van der Waals surface area (Å²) in [6, 6.07) is 1.46. The molecule has 1 atom stereocenters. The number of carboxylic acids is 1. The lowest BCUT2D eigenvalue weighted by atomic mass is 10.2. The zero-order chi connectivity index (χ0) is 12.4. The molecule has 2 heterocycles. The second-order valence-corrected chi connectivity index (χ2v) is 5.14. The van der Waals surface area contributed by atoms with E-state index in [0.717, 1.165) is 5.01 Å². The molecule has 0 amide bonds. The van der Waals surface area contributed by atoms with Crippen LogP contribution in [0.3, 0.4) is 0 Å². The predicted octanol–water partition coefficient (Wildman–Crippen LogP) is 3.10. The number of halogens is 1. The Labute approximate surface area is 107 Å². The Morgan fingerprint density at radius 3 is 3.06 bits per heavy atom. The van der Waals surface area contributed by atoms with Crippen molar-refractivity contribution >= 4 is 28.9 Å². The minimum absolute atomic E-state index is 0.163. The van der Waals surface area contributed by atoms with Crippen LogP contribution in [0.15, 0.2) is 23.8 Å². The molecule has 0 radical (unpaired) electrons. The van der Waals surface area contributed by atoms with Crippen molar-refractivity contribution < 1.29 is 9.90 Å². The molecule has 0 fully saturated rings. The molecule has 1 N–H and O–H groups in total. The molecular weight excluding hydrogens is 260 g/mol. The number of hydrogen-bond donors (Lipinski definition) is 1. The van der Waals surface area contributed by atoms with Crippen molar-refractivity contribution in [2.45, 2.75) is 19.4 Å². The van der Waals surface area contributed by atoms with E-state index in [1.165, 1.54) is 6.07 Å². The van der Waals surface area contributed by atoms with Gasteiger partial charge in [0.2, 0.25) is 0 Å². The lowest BCUT2D eigenvalue weighted by Gasteiger charge is -2.11. The summed E-state index contributed by atoms with van der Waals surface area (Å²) in [6.45, 7) is 2.57. The summed E-state index contributed by atoms with van der Waals surface area (Å²) < 4.78 is 1.65.